The fourth-order valence-electron chi connectivity index (χ4n) is 3.44. The number of carbonyl (C=O) groups is 1. The van der Waals surface area contributed by atoms with E-state index in [9.17, 15) is 14.0 Å². The third kappa shape index (κ3) is 5.58. The highest BCUT2D eigenvalue weighted by Gasteiger charge is 2.15. The van der Waals surface area contributed by atoms with Crippen molar-refractivity contribution in [3.8, 4) is 5.75 Å². The number of hydrogen-bond donors (Lipinski definition) is 1. The molecule has 6 nitrogen and oxygen atoms in total. The van der Waals surface area contributed by atoms with Crippen LogP contribution in [0, 0.1) is 5.82 Å². The van der Waals surface area contributed by atoms with E-state index in [1.165, 1.54) is 19.2 Å². The number of methoxy groups -OCH3 is 1. The van der Waals surface area contributed by atoms with Crippen LogP contribution in [-0.2, 0) is 17.8 Å². The summed E-state index contributed by atoms with van der Waals surface area (Å²) in [5.41, 5.74) is 1.72. The second-order valence-corrected chi connectivity index (χ2v) is 8.81. The first-order valence-corrected chi connectivity index (χ1v) is 11.8. The minimum atomic E-state index is -0.313. The van der Waals surface area contributed by atoms with Crippen molar-refractivity contribution < 1.29 is 13.9 Å². The molecule has 174 valence electrons. The number of aromatic nitrogens is 2. The molecule has 4 rings (SSSR count). The summed E-state index contributed by atoms with van der Waals surface area (Å²) in [5.74, 6) is -0.0930. The van der Waals surface area contributed by atoms with Gasteiger partial charge in [0.05, 0.1) is 29.5 Å². The summed E-state index contributed by atoms with van der Waals surface area (Å²) in [4.78, 5) is 30.5. The van der Waals surface area contributed by atoms with Gasteiger partial charge in [-0.25, -0.2) is 9.37 Å². The Hall–Kier alpha value is -3.36. The van der Waals surface area contributed by atoms with Gasteiger partial charge in [0.2, 0.25) is 5.91 Å². The number of ether oxygens (including phenoxy) is 1. The Kier molecular flexibility index (Phi) is 7.49. The number of hydrogen-bond acceptors (Lipinski definition) is 5. The van der Waals surface area contributed by atoms with Crippen molar-refractivity contribution in [2.75, 3.05) is 18.2 Å². The molecule has 1 heterocycles. The fourth-order valence-corrected chi connectivity index (χ4v) is 4.44. The highest BCUT2D eigenvalue weighted by atomic mass is 35.5. The molecule has 0 fully saturated rings. The van der Waals surface area contributed by atoms with E-state index in [1.807, 2.05) is 6.07 Å². The monoisotopic (exact) mass is 497 g/mol. The van der Waals surface area contributed by atoms with Gasteiger partial charge in [-0.05, 0) is 54.4 Å². The number of carbonyl (C=O) groups excluding carboxylic acids is 1. The normalized spacial score (nSPS) is 10.9. The molecule has 9 heteroatoms. The van der Waals surface area contributed by atoms with Crippen LogP contribution >= 0.6 is 23.4 Å². The van der Waals surface area contributed by atoms with Crippen LogP contribution in [0.1, 0.15) is 5.56 Å². The van der Waals surface area contributed by atoms with Crippen LogP contribution in [0.15, 0.2) is 76.7 Å². The van der Waals surface area contributed by atoms with Crippen LogP contribution in [0.25, 0.3) is 10.9 Å². The first-order chi connectivity index (χ1) is 16.4. The van der Waals surface area contributed by atoms with Crippen LogP contribution in [-0.4, -0.2) is 28.3 Å². The fraction of sp³-hybridized carbons (Fsp3) is 0.160. The molecule has 3 aromatic carbocycles. The third-order valence-corrected chi connectivity index (χ3v) is 6.34. The van der Waals surface area contributed by atoms with Gasteiger partial charge in [0.1, 0.15) is 11.6 Å². The lowest BCUT2D eigenvalue weighted by molar-refractivity contribution is -0.113. The number of fused-ring (bicyclic) bond motifs is 1. The number of benzene rings is 3. The van der Waals surface area contributed by atoms with Crippen molar-refractivity contribution in [2.24, 2.45) is 0 Å². The predicted octanol–water partition coefficient (Wildman–Crippen LogP) is 5.17. The molecule has 34 heavy (non-hydrogen) atoms. The second-order valence-electron chi connectivity index (χ2n) is 7.43. The summed E-state index contributed by atoms with van der Waals surface area (Å²) in [6.45, 7) is 0.342. The molecular weight excluding hydrogens is 477 g/mol. The van der Waals surface area contributed by atoms with E-state index in [0.717, 1.165) is 17.3 Å². The van der Waals surface area contributed by atoms with Gasteiger partial charge in [-0.3, -0.25) is 14.2 Å². The standard InChI is InChI=1S/C25H21ClFN3O3S/c1-33-22-11-8-17(26)14-21(22)28-23(31)15-34-25-29-20-5-3-2-4-19(20)24(32)30(25)13-12-16-6-9-18(27)10-7-16/h2-11,14H,12-13,15H2,1H3,(H,28,31). The maximum atomic E-state index is 13.2. The highest BCUT2D eigenvalue weighted by molar-refractivity contribution is 7.99. The Morgan fingerprint density at radius 2 is 1.91 bits per heavy atom. The lowest BCUT2D eigenvalue weighted by Crippen LogP contribution is -2.25. The average Bonchev–Trinajstić information content (AvgIpc) is 2.83. The Balaban J connectivity index is 1.56. The topological polar surface area (TPSA) is 73.2 Å². The molecule has 0 aliphatic rings. The molecule has 1 amide bonds. The second kappa shape index (κ2) is 10.7. The maximum Gasteiger partial charge on any atom is 0.262 e. The molecule has 0 saturated heterocycles. The van der Waals surface area contributed by atoms with Gasteiger partial charge in [-0.1, -0.05) is 47.6 Å². The number of anilines is 1. The predicted molar refractivity (Wildman–Crippen MR) is 133 cm³/mol. The zero-order valence-corrected chi connectivity index (χ0v) is 19.8. The van der Waals surface area contributed by atoms with Crippen LogP contribution in [0.5, 0.6) is 5.75 Å². The lowest BCUT2D eigenvalue weighted by Gasteiger charge is -2.14. The average molecular weight is 498 g/mol. The molecule has 0 saturated carbocycles. The minimum absolute atomic E-state index is 0.0248. The molecule has 0 unspecified atom stereocenters. The number of aryl methyl sites for hydroxylation is 1. The van der Waals surface area contributed by atoms with Crippen LogP contribution in [0.3, 0.4) is 0 Å². The zero-order chi connectivity index (χ0) is 24.1. The Morgan fingerprint density at radius 3 is 2.68 bits per heavy atom. The molecule has 0 radical (unpaired) electrons. The van der Waals surface area contributed by atoms with Crippen molar-refractivity contribution in [1.82, 2.24) is 9.55 Å². The number of rotatable bonds is 8. The zero-order valence-electron chi connectivity index (χ0n) is 18.3. The minimum Gasteiger partial charge on any atom is -0.495 e. The number of nitrogens with one attached hydrogen (secondary N) is 1. The van der Waals surface area contributed by atoms with Gasteiger partial charge >= 0.3 is 0 Å². The molecular formula is C25H21ClFN3O3S. The van der Waals surface area contributed by atoms with Crippen LogP contribution in [0.4, 0.5) is 10.1 Å². The highest BCUT2D eigenvalue weighted by Crippen LogP contribution is 2.28. The van der Waals surface area contributed by atoms with Crippen molar-refractivity contribution in [3.63, 3.8) is 0 Å². The third-order valence-electron chi connectivity index (χ3n) is 5.13. The summed E-state index contributed by atoms with van der Waals surface area (Å²) < 4.78 is 20.1. The van der Waals surface area contributed by atoms with E-state index in [0.29, 0.717) is 45.5 Å². The van der Waals surface area contributed by atoms with Crippen LogP contribution < -0.4 is 15.6 Å². The lowest BCUT2D eigenvalue weighted by atomic mass is 10.1. The Labute approximate surface area is 204 Å². The number of nitrogens with zero attached hydrogens (tertiary/aromatic N) is 2. The maximum absolute atomic E-state index is 13.2. The van der Waals surface area contributed by atoms with E-state index in [2.05, 4.69) is 10.3 Å². The van der Waals surface area contributed by atoms with Gasteiger partial charge in [-0.2, -0.15) is 0 Å². The molecule has 4 aromatic rings. The molecule has 1 aromatic heterocycles. The van der Waals surface area contributed by atoms with E-state index in [1.54, 1.807) is 53.1 Å². The SMILES string of the molecule is COc1ccc(Cl)cc1NC(=O)CSc1nc2ccccc2c(=O)n1CCc1ccc(F)cc1. The van der Waals surface area contributed by atoms with Crippen molar-refractivity contribution >= 4 is 45.9 Å². The van der Waals surface area contributed by atoms with E-state index in [-0.39, 0.29) is 23.0 Å². The summed E-state index contributed by atoms with van der Waals surface area (Å²) in [7, 11) is 1.51. The quantitative estimate of drug-likeness (QED) is 0.268. The van der Waals surface area contributed by atoms with Gasteiger partial charge in [-0.15, -0.1) is 0 Å². The van der Waals surface area contributed by atoms with Gasteiger partial charge in [0.25, 0.3) is 5.56 Å². The Morgan fingerprint density at radius 1 is 1.15 bits per heavy atom. The molecule has 0 aliphatic heterocycles. The van der Waals surface area contributed by atoms with Gasteiger partial charge in [0, 0.05) is 11.6 Å². The molecule has 0 bridgehead atoms. The Bertz CT molecular complexity index is 1390. The molecule has 1 N–H and O–H groups in total. The summed E-state index contributed by atoms with van der Waals surface area (Å²) in [5, 5.41) is 4.18. The molecule has 0 aliphatic carbocycles. The molecule has 0 atom stereocenters. The van der Waals surface area contributed by atoms with E-state index in [4.69, 9.17) is 16.3 Å². The van der Waals surface area contributed by atoms with Gasteiger partial charge < -0.3 is 10.1 Å². The first kappa shape index (κ1) is 23.8. The summed E-state index contributed by atoms with van der Waals surface area (Å²) in [6, 6.07) is 18.2. The number of amides is 1. The number of halogens is 2. The molecule has 0 spiro atoms. The van der Waals surface area contributed by atoms with E-state index < -0.39 is 0 Å². The van der Waals surface area contributed by atoms with Gasteiger partial charge in [0.15, 0.2) is 5.16 Å². The number of thioether (sulfide) groups is 1. The summed E-state index contributed by atoms with van der Waals surface area (Å²) in [6.07, 6.45) is 0.514. The van der Waals surface area contributed by atoms with Crippen molar-refractivity contribution in [3.05, 3.63) is 93.5 Å². The van der Waals surface area contributed by atoms with Crippen molar-refractivity contribution in [2.45, 2.75) is 18.1 Å². The van der Waals surface area contributed by atoms with Crippen LogP contribution in [0.2, 0.25) is 5.02 Å². The number of para-hydroxylation sites is 1. The smallest absolute Gasteiger partial charge is 0.262 e. The summed E-state index contributed by atoms with van der Waals surface area (Å²) >= 11 is 7.20. The van der Waals surface area contributed by atoms with Crippen molar-refractivity contribution in [1.29, 1.82) is 0 Å². The largest absolute Gasteiger partial charge is 0.495 e. The van der Waals surface area contributed by atoms with E-state index >= 15 is 0 Å². The first-order valence-electron chi connectivity index (χ1n) is 10.4.